The van der Waals surface area contributed by atoms with Crippen LogP contribution in [0.2, 0.25) is 0 Å². The third-order valence-electron chi connectivity index (χ3n) is 3.54. The minimum Gasteiger partial charge on any atom is -0.463 e. The molecule has 0 aromatic rings. The first-order valence-corrected chi connectivity index (χ1v) is 7.43. The molecule has 3 heteroatoms. The first-order chi connectivity index (χ1) is 9.51. The number of esters is 1. The molecule has 0 aliphatic rings. The zero-order chi connectivity index (χ0) is 15.4. The zero-order valence-electron chi connectivity index (χ0n) is 12.9. The molecule has 0 radical (unpaired) electrons. The molecule has 3 nitrogen and oxygen atoms in total. The van der Waals surface area contributed by atoms with Gasteiger partial charge in [0.25, 0.3) is 0 Å². The third kappa shape index (κ3) is 9.54. The lowest BCUT2D eigenvalue weighted by molar-refractivity contribution is -0.137. The second-order valence-corrected chi connectivity index (χ2v) is 5.43. The lowest BCUT2D eigenvalue weighted by Gasteiger charge is -2.15. The summed E-state index contributed by atoms with van der Waals surface area (Å²) in [5.41, 5.74) is 1.26. The summed E-state index contributed by atoms with van der Waals surface area (Å²) in [5.74, 6) is 0.258. The van der Waals surface area contributed by atoms with Crippen molar-refractivity contribution in [2.24, 2.45) is 11.8 Å². The van der Waals surface area contributed by atoms with Crippen LogP contribution in [0.3, 0.4) is 0 Å². The van der Waals surface area contributed by atoms with Gasteiger partial charge in [0, 0.05) is 12.0 Å². The van der Waals surface area contributed by atoms with Gasteiger partial charge in [-0.05, 0) is 44.4 Å². The lowest BCUT2D eigenvalue weighted by Crippen LogP contribution is -2.04. The van der Waals surface area contributed by atoms with Crippen molar-refractivity contribution in [3.63, 3.8) is 0 Å². The minimum absolute atomic E-state index is 0.143. The molecule has 114 valence electrons. The highest BCUT2D eigenvalue weighted by atomic mass is 16.5. The molecule has 0 saturated heterocycles. The first kappa shape index (κ1) is 18.6. The molecule has 0 rings (SSSR count). The van der Waals surface area contributed by atoms with Gasteiger partial charge in [-0.2, -0.15) is 0 Å². The normalized spacial score (nSPS) is 13.3. The number of rotatable bonds is 12. The van der Waals surface area contributed by atoms with Gasteiger partial charge in [-0.15, -0.1) is 0 Å². The molecule has 0 amide bonds. The molecule has 0 heterocycles. The van der Waals surface area contributed by atoms with E-state index in [1.165, 1.54) is 11.6 Å². The summed E-state index contributed by atoms with van der Waals surface area (Å²) in [6, 6.07) is 0. The second-order valence-electron chi connectivity index (χ2n) is 5.43. The number of aldehydes is 1. The zero-order valence-corrected chi connectivity index (χ0v) is 12.9. The van der Waals surface area contributed by atoms with Crippen LogP contribution < -0.4 is 0 Å². The van der Waals surface area contributed by atoms with Gasteiger partial charge in [0.2, 0.25) is 0 Å². The van der Waals surface area contributed by atoms with Gasteiger partial charge in [0.15, 0.2) is 0 Å². The Labute approximate surface area is 123 Å². The van der Waals surface area contributed by atoms with Crippen molar-refractivity contribution in [3.8, 4) is 0 Å². The second kappa shape index (κ2) is 11.4. The Morgan fingerprint density at radius 3 is 2.50 bits per heavy atom. The fourth-order valence-electron chi connectivity index (χ4n) is 1.89. The van der Waals surface area contributed by atoms with Crippen LogP contribution in [0.4, 0.5) is 0 Å². The summed E-state index contributed by atoms with van der Waals surface area (Å²) in [6.07, 6.45) is 8.13. The predicted molar refractivity (Wildman–Crippen MR) is 82.4 cm³/mol. The van der Waals surface area contributed by atoms with Crippen molar-refractivity contribution in [1.29, 1.82) is 0 Å². The molecular formula is C17H28O3. The van der Waals surface area contributed by atoms with Gasteiger partial charge in [0.05, 0.1) is 6.61 Å². The van der Waals surface area contributed by atoms with Crippen molar-refractivity contribution in [1.82, 2.24) is 0 Å². The van der Waals surface area contributed by atoms with Crippen molar-refractivity contribution in [2.45, 2.75) is 52.4 Å². The van der Waals surface area contributed by atoms with E-state index in [0.717, 1.165) is 44.8 Å². The molecule has 0 bridgehead atoms. The van der Waals surface area contributed by atoms with Crippen LogP contribution in [0, 0.1) is 11.8 Å². The van der Waals surface area contributed by atoms with Gasteiger partial charge in [-0.25, -0.2) is 4.79 Å². The van der Waals surface area contributed by atoms with Gasteiger partial charge < -0.3 is 9.53 Å². The number of hydrogen-bond acceptors (Lipinski definition) is 3. The SMILES string of the molecule is C=CC(=O)OCCCCCC(=C)C(C)CCC(C)C=O. The standard InChI is InChI=1S/C17H28O3/c1-5-17(19)20-12-8-6-7-9-15(3)16(4)11-10-14(2)13-18/h5,13-14,16H,1,3,6-12H2,2,4H3. The summed E-state index contributed by atoms with van der Waals surface area (Å²) in [6.45, 7) is 12.1. The third-order valence-corrected chi connectivity index (χ3v) is 3.54. The Balaban J connectivity index is 3.59. The maximum atomic E-state index is 10.8. The Morgan fingerprint density at radius 2 is 1.90 bits per heavy atom. The molecule has 0 aromatic heterocycles. The van der Waals surface area contributed by atoms with Crippen LogP contribution in [0.1, 0.15) is 52.4 Å². The molecule has 2 unspecified atom stereocenters. The highest BCUT2D eigenvalue weighted by Gasteiger charge is 2.09. The summed E-state index contributed by atoms with van der Waals surface area (Å²) < 4.78 is 4.91. The molecule has 2 atom stereocenters. The van der Waals surface area contributed by atoms with E-state index in [9.17, 15) is 9.59 Å². The Hall–Kier alpha value is -1.38. The van der Waals surface area contributed by atoms with E-state index in [2.05, 4.69) is 20.1 Å². The van der Waals surface area contributed by atoms with Crippen molar-refractivity contribution < 1.29 is 14.3 Å². The molecule has 0 N–H and O–H groups in total. The average molecular weight is 280 g/mol. The number of allylic oxidation sites excluding steroid dienone is 1. The average Bonchev–Trinajstić information content (AvgIpc) is 2.46. The number of carbonyl (C=O) groups is 2. The number of carbonyl (C=O) groups excluding carboxylic acids is 2. The largest absolute Gasteiger partial charge is 0.463 e. The summed E-state index contributed by atoms with van der Waals surface area (Å²) in [4.78, 5) is 21.4. The summed E-state index contributed by atoms with van der Waals surface area (Å²) in [5, 5.41) is 0. The maximum absolute atomic E-state index is 10.8. The lowest BCUT2D eigenvalue weighted by atomic mass is 9.90. The van der Waals surface area contributed by atoms with Crippen LogP contribution in [0.15, 0.2) is 24.8 Å². The molecule has 0 aliphatic carbocycles. The highest BCUT2D eigenvalue weighted by molar-refractivity contribution is 5.81. The van der Waals surface area contributed by atoms with Crippen LogP contribution >= 0.6 is 0 Å². The Kier molecular flexibility index (Phi) is 10.7. The van der Waals surface area contributed by atoms with E-state index in [1.54, 1.807) is 0 Å². The molecule has 0 aliphatic heterocycles. The topological polar surface area (TPSA) is 43.4 Å². The van der Waals surface area contributed by atoms with Gasteiger partial charge >= 0.3 is 5.97 Å². The van der Waals surface area contributed by atoms with Crippen molar-refractivity contribution in [3.05, 3.63) is 24.8 Å². The van der Waals surface area contributed by atoms with Crippen LogP contribution in [-0.4, -0.2) is 18.9 Å². The minimum atomic E-state index is -0.354. The van der Waals surface area contributed by atoms with Crippen LogP contribution in [-0.2, 0) is 14.3 Å². The van der Waals surface area contributed by atoms with E-state index >= 15 is 0 Å². The molecule has 0 saturated carbocycles. The number of hydrogen-bond donors (Lipinski definition) is 0. The molecule has 0 aromatic carbocycles. The quantitative estimate of drug-likeness (QED) is 0.178. The Morgan fingerprint density at radius 1 is 1.20 bits per heavy atom. The highest BCUT2D eigenvalue weighted by Crippen LogP contribution is 2.22. The first-order valence-electron chi connectivity index (χ1n) is 7.43. The van der Waals surface area contributed by atoms with Crippen LogP contribution in [0.5, 0.6) is 0 Å². The Bertz CT molecular complexity index is 320. The van der Waals surface area contributed by atoms with Gasteiger partial charge in [-0.1, -0.05) is 32.6 Å². The van der Waals surface area contributed by atoms with E-state index in [1.807, 2.05) is 6.92 Å². The molecule has 0 fully saturated rings. The van der Waals surface area contributed by atoms with Gasteiger partial charge in [0.1, 0.15) is 6.29 Å². The fourth-order valence-corrected chi connectivity index (χ4v) is 1.89. The molecular weight excluding hydrogens is 252 g/mol. The van der Waals surface area contributed by atoms with E-state index in [4.69, 9.17) is 4.74 Å². The molecule has 0 spiro atoms. The molecule has 20 heavy (non-hydrogen) atoms. The van der Waals surface area contributed by atoms with Gasteiger partial charge in [-0.3, -0.25) is 0 Å². The smallest absolute Gasteiger partial charge is 0.330 e. The maximum Gasteiger partial charge on any atom is 0.330 e. The van der Waals surface area contributed by atoms with Crippen LogP contribution in [0.25, 0.3) is 0 Å². The summed E-state index contributed by atoms with van der Waals surface area (Å²) in [7, 11) is 0. The predicted octanol–water partition coefficient (Wildman–Crippen LogP) is 4.08. The number of unbranched alkanes of at least 4 members (excludes halogenated alkanes) is 2. The van der Waals surface area contributed by atoms with Crippen molar-refractivity contribution >= 4 is 12.3 Å². The van der Waals surface area contributed by atoms with E-state index in [-0.39, 0.29) is 11.9 Å². The summed E-state index contributed by atoms with van der Waals surface area (Å²) >= 11 is 0. The van der Waals surface area contributed by atoms with Crippen molar-refractivity contribution in [2.75, 3.05) is 6.61 Å². The van der Waals surface area contributed by atoms with E-state index in [0.29, 0.717) is 12.5 Å². The number of ether oxygens (including phenoxy) is 1. The monoisotopic (exact) mass is 280 g/mol. The van der Waals surface area contributed by atoms with E-state index < -0.39 is 0 Å². The fraction of sp³-hybridized carbons (Fsp3) is 0.647.